The first-order valence-corrected chi connectivity index (χ1v) is 7.18. The zero-order chi connectivity index (χ0) is 13.0. The molecule has 2 nitrogen and oxygen atoms in total. The van der Waals surface area contributed by atoms with Gasteiger partial charge >= 0.3 is 0 Å². The smallest absolute Gasteiger partial charge is 0.0495 e. The fourth-order valence-corrected chi connectivity index (χ4v) is 2.90. The Morgan fingerprint density at radius 2 is 1.94 bits per heavy atom. The molecule has 0 bridgehead atoms. The second-order valence-corrected chi connectivity index (χ2v) is 6.01. The molecule has 3 N–H and O–H groups in total. The highest BCUT2D eigenvalue weighted by Crippen LogP contribution is 2.32. The minimum absolute atomic E-state index is 0.111. The van der Waals surface area contributed by atoms with Gasteiger partial charge in [0, 0.05) is 17.8 Å². The summed E-state index contributed by atoms with van der Waals surface area (Å²) in [5.74, 6) is 0.846. The molecule has 0 saturated heterocycles. The quantitative estimate of drug-likeness (QED) is 0.798. The normalized spacial score (nSPS) is 28.7. The van der Waals surface area contributed by atoms with E-state index in [0.717, 1.165) is 12.5 Å². The highest BCUT2D eigenvalue weighted by molar-refractivity contribution is 5.47. The molecule has 1 aromatic carbocycles. The first-order valence-electron chi connectivity index (χ1n) is 7.18. The van der Waals surface area contributed by atoms with Crippen LogP contribution >= 0.6 is 0 Å². The molecule has 1 aromatic rings. The van der Waals surface area contributed by atoms with E-state index in [-0.39, 0.29) is 5.54 Å². The fraction of sp³-hybridized carbons (Fsp3) is 0.625. The molecule has 0 aromatic heterocycles. The molecular formula is C16H26N2. The second kappa shape index (κ2) is 5.75. The van der Waals surface area contributed by atoms with Crippen molar-refractivity contribution >= 4 is 5.69 Å². The summed E-state index contributed by atoms with van der Waals surface area (Å²) < 4.78 is 0. The predicted octanol–water partition coefficient (Wildman–Crippen LogP) is 3.70. The van der Waals surface area contributed by atoms with E-state index in [1.807, 2.05) is 0 Å². The van der Waals surface area contributed by atoms with Crippen LogP contribution in [-0.2, 0) is 0 Å². The Labute approximate surface area is 111 Å². The molecule has 2 rings (SSSR count). The lowest BCUT2D eigenvalue weighted by Crippen LogP contribution is -2.45. The maximum absolute atomic E-state index is 6.07. The molecule has 0 amide bonds. The number of hydrogen-bond acceptors (Lipinski definition) is 2. The van der Waals surface area contributed by atoms with Crippen LogP contribution in [0.3, 0.4) is 0 Å². The van der Waals surface area contributed by atoms with Crippen molar-refractivity contribution in [3.63, 3.8) is 0 Å². The van der Waals surface area contributed by atoms with Gasteiger partial charge in [0.15, 0.2) is 0 Å². The third-order valence-corrected chi connectivity index (χ3v) is 4.32. The number of hydrogen-bond donors (Lipinski definition) is 2. The van der Waals surface area contributed by atoms with Crippen molar-refractivity contribution in [1.82, 2.24) is 0 Å². The highest BCUT2D eigenvalue weighted by atomic mass is 15.0. The van der Waals surface area contributed by atoms with Crippen molar-refractivity contribution in [2.45, 2.75) is 51.5 Å². The first kappa shape index (κ1) is 13.4. The number of nitrogens with two attached hydrogens (primary N) is 1. The highest BCUT2D eigenvalue weighted by Gasteiger charge is 2.30. The van der Waals surface area contributed by atoms with Gasteiger partial charge in [-0.3, -0.25) is 0 Å². The van der Waals surface area contributed by atoms with Crippen molar-refractivity contribution in [3.05, 3.63) is 29.8 Å². The van der Waals surface area contributed by atoms with Gasteiger partial charge < -0.3 is 11.1 Å². The fourth-order valence-electron chi connectivity index (χ4n) is 2.90. The average molecular weight is 246 g/mol. The summed E-state index contributed by atoms with van der Waals surface area (Å²) in [4.78, 5) is 0. The van der Waals surface area contributed by atoms with E-state index in [1.165, 1.54) is 43.4 Å². The number of benzene rings is 1. The van der Waals surface area contributed by atoms with Crippen molar-refractivity contribution in [2.24, 2.45) is 11.7 Å². The van der Waals surface area contributed by atoms with Gasteiger partial charge in [0.1, 0.15) is 0 Å². The van der Waals surface area contributed by atoms with E-state index >= 15 is 0 Å². The van der Waals surface area contributed by atoms with Gasteiger partial charge in [-0.05, 0) is 44.2 Å². The molecule has 1 aliphatic carbocycles. The van der Waals surface area contributed by atoms with Crippen molar-refractivity contribution in [2.75, 3.05) is 11.9 Å². The van der Waals surface area contributed by atoms with Gasteiger partial charge in [0.25, 0.3) is 0 Å². The van der Waals surface area contributed by atoms with Crippen LogP contribution in [0.2, 0.25) is 0 Å². The third kappa shape index (κ3) is 3.26. The van der Waals surface area contributed by atoms with Crippen LogP contribution in [0.15, 0.2) is 24.3 Å². The van der Waals surface area contributed by atoms with Crippen LogP contribution in [0.25, 0.3) is 0 Å². The Morgan fingerprint density at radius 1 is 1.22 bits per heavy atom. The van der Waals surface area contributed by atoms with Crippen LogP contribution in [0.5, 0.6) is 0 Å². The van der Waals surface area contributed by atoms with Crippen molar-refractivity contribution < 1.29 is 0 Å². The molecule has 2 unspecified atom stereocenters. The summed E-state index contributed by atoms with van der Waals surface area (Å²) in [6, 6.07) is 8.65. The monoisotopic (exact) mass is 246 g/mol. The molecule has 1 saturated carbocycles. The van der Waals surface area contributed by atoms with Crippen LogP contribution < -0.4 is 11.1 Å². The van der Waals surface area contributed by atoms with E-state index in [0.29, 0.717) is 0 Å². The summed E-state index contributed by atoms with van der Waals surface area (Å²) in [6.45, 7) is 5.21. The summed E-state index contributed by atoms with van der Waals surface area (Å²) in [6.07, 6.45) is 6.31. The molecule has 0 radical (unpaired) electrons. The van der Waals surface area contributed by atoms with Crippen LogP contribution in [0, 0.1) is 12.8 Å². The van der Waals surface area contributed by atoms with Crippen LogP contribution in [0.1, 0.15) is 44.6 Å². The van der Waals surface area contributed by atoms with E-state index in [9.17, 15) is 0 Å². The Bertz CT molecular complexity index is 371. The van der Waals surface area contributed by atoms with Crippen molar-refractivity contribution in [1.29, 1.82) is 0 Å². The Kier molecular flexibility index (Phi) is 4.28. The Hall–Kier alpha value is -1.02. The van der Waals surface area contributed by atoms with E-state index in [4.69, 9.17) is 5.73 Å². The molecule has 2 heteroatoms. The summed E-state index contributed by atoms with van der Waals surface area (Å²) >= 11 is 0. The lowest BCUT2D eigenvalue weighted by molar-refractivity contribution is 0.409. The minimum Gasteiger partial charge on any atom is -0.378 e. The molecule has 0 aliphatic heterocycles. The molecule has 0 spiro atoms. The number of rotatable bonds is 3. The molecule has 1 aliphatic rings. The lowest BCUT2D eigenvalue weighted by Gasteiger charge is -2.34. The van der Waals surface area contributed by atoms with Crippen molar-refractivity contribution in [3.8, 4) is 0 Å². The maximum atomic E-state index is 6.07. The Balaban J connectivity index is 2.09. The van der Waals surface area contributed by atoms with Gasteiger partial charge in [-0.2, -0.15) is 0 Å². The van der Waals surface area contributed by atoms with E-state index in [1.54, 1.807) is 0 Å². The topological polar surface area (TPSA) is 38.0 Å². The zero-order valence-corrected chi connectivity index (χ0v) is 11.7. The molecule has 1 fully saturated rings. The first-order chi connectivity index (χ1) is 8.63. The Morgan fingerprint density at radius 3 is 2.61 bits per heavy atom. The maximum Gasteiger partial charge on any atom is 0.0495 e. The standard InChI is InChI=1S/C16H26N2/c1-13-4-3-10-16(12-17,11-9-13)18-15-7-5-14(2)6-8-15/h5-8,13,18H,3-4,9-12,17H2,1-2H3. The van der Waals surface area contributed by atoms with Gasteiger partial charge in [-0.1, -0.05) is 37.5 Å². The summed E-state index contributed by atoms with van der Waals surface area (Å²) in [7, 11) is 0. The molecule has 18 heavy (non-hydrogen) atoms. The number of aryl methyl sites for hydroxylation is 1. The third-order valence-electron chi connectivity index (χ3n) is 4.32. The summed E-state index contributed by atoms with van der Waals surface area (Å²) in [5.41, 5.74) is 8.69. The van der Waals surface area contributed by atoms with Gasteiger partial charge in [-0.15, -0.1) is 0 Å². The van der Waals surface area contributed by atoms with E-state index < -0.39 is 0 Å². The van der Waals surface area contributed by atoms with Gasteiger partial charge in [0.2, 0.25) is 0 Å². The van der Waals surface area contributed by atoms with Crippen LogP contribution in [0.4, 0.5) is 5.69 Å². The SMILES string of the molecule is Cc1ccc(NC2(CN)CCCC(C)CC2)cc1. The van der Waals surface area contributed by atoms with Crippen LogP contribution in [-0.4, -0.2) is 12.1 Å². The lowest BCUT2D eigenvalue weighted by atomic mass is 9.89. The zero-order valence-electron chi connectivity index (χ0n) is 11.7. The van der Waals surface area contributed by atoms with E-state index in [2.05, 4.69) is 43.4 Å². The second-order valence-electron chi connectivity index (χ2n) is 6.01. The molecular weight excluding hydrogens is 220 g/mol. The molecule has 0 heterocycles. The number of nitrogens with one attached hydrogen (secondary N) is 1. The molecule has 2 atom stereocenters. The summed E-state index contributed by atoms with van der Waals surface area (Å²) in [5, 5.41) is 3.71. The predicted molar refractivity (Wildman–Crippen MR) is 78.8 cm³/mol. The largest absolute Gasteiger partial charge is 0.378 e. The number of anilines is 1. The minimum atomic E-state index is 0.111. The van der Waals surface area contributed by atoms with Gasteiger partial charge in [0.05, 0.1) is 0 Å². The average Bonchev–Trinajstić information content (AvgIpc) is 2.56. The van der Waals surface area contributed by atoms with Gasteiger partial charge in [-0.25, -0.2) is 0 Å². The molecule has 100 valence electrons.